The molecule has 0 spiro atoms. The number of benzene rings is 3. The molecule has 5 amide bonds. The molecule has 17 nitrogen and oxygen atoms in total. The number of piperazine rings is 1. The van der Waals surface area contributed by atoms with Crippen LogP contribution in [0.25, 0.3) is 16.9 Å². The van der Waals surface area contributed by atoms with E-state index in [1.165, 1.54) is 12.3 Å². The number of anilines is 4. The molecule has 8 rings (SSSR count). The van der Waals surface area contributed by atoms with Crippen LogP contribution in [0.4, 0.5) is 23.0 Å². The smallest absolute Gasteiger partial charge is 0.262 e. The highest BCUT2D eigenvalue weighted by Gasteiger charge is 2.44. The number of rotatable bonds is 12. The average Bonchev–Trinajstić information content (AvgIpc) is 3.73. The fraction of sp³-hybridized carbons (Fsp3) is 0.275. The Hall–Kier alpha value is -6.66. The fourth-order valence-corrected chi connectivity index (χ4v) is 7.98. The second kappa shape index (κ2) is 15.7. The quantitative estimate of drug-likeness (QED) is 0.106. The van der Waals surface area contributed by atoms with Crippen molar-refractivity contribution in [2.75, 3.05) is 67.6 Å². The lowest BCUT2D eigenvalue weighted by Crippen LogP contribution is -2.54. The van der Waals surface area contributed by atoms with Gasteiger partial charge in [-0.1, -0.05) is 18.2 Å². The number of nitrogens with one attached hydrogen (secondary N) is 4. The van der Waals surface area contributed by atoms with Crippen LogP contribution in [0.1, 0.15) is 33.6 Å². The Morgan fingerprint density at radius 3 is 2.29 bits per heavy atom. The fourth-order valence-electron chi connectivity index (χ4n) is 7.35. The van der Waals surface area contributed by atoms with Gasteiger partial charge in [-0.05, 0) is 73.2 Å². The largest absolute Gasteiger partial charge is 0.383 e. The van der Waals surface area contributed by atoms with Gasteiger partial charge < -0.3 is 20.9 Å². The van der Waals surface area contributed by atoms with Gasteiger partial charge in [-0.3, -0.25) is 39.1 Å². The molecular formula is C40H40N10O7S. The molecule has 1 unspecified atom stereocenters. The van der Waals surface area contributed by atoms with Gasteiger partial charge in [0.25, 0.3) is 11.8 Å². The number of hydrogen-bond donors (Lipinski definition) is 4. The van der Waals surface area contributed by atoms with E-state index in [1.807, 2.05) is 42.5 Å². The summed E-state index contributed by atoms with van der Waals surface area (Å²) < 4.78 is 25.5. The Bertz CT molecular complexity index is 2550. The molecule has 1 atom stereocenters. The number of sulfone groups is 1. The average molecular weight is 805 g/mol. The van der Waals surface area contributed by atoms with Crippen LogP contribution < -0.4 is 26.2 Å². The highest BCUT2D eigenvalue weighted by Crippen LogP contribution is 2.30. The van der Waals surface area contributed by atoms with Crippen molar-refractivity contribution in [2.45, 2.75) is 23.8 Å². The predicted octanol–water partition coefficient (Wildman–Crippen LogP) is 2.29. The van der Waals surface area contributed by atoms with Crippen LogP contribution in [0.15, 0.2) is 89.8 Å². The Balaban J connectivity index is 0.775. The molecule has 0 aliphatic carbocycles. The summed E-state index contributed by atoms with van der Waals surface area (Å²) in [6, 6.07) is 24.1. The summed E-state index contributed by atoms with van der Waals surface area (Å²) in [5, 5.41) is 16.2. The number of piperidine rings is 1. The zero-order chi connectivity index (χ0) is 40.6. The van der Waals surface area contributed by atoms with Crippen LogP contribution in [0.2, 0.25) is 0 Å². The van der Waals surface area contributed by atoms with Crippen LogP contribution in [-0.2, 0) is 24.2 Å². The minimum Gasteiger partial charge on any atom is -0.383 e. The van der Waals surface area contributed by atoms with Crippen molar-refractivity contribution < 1.29 is 32.4 Å². The number of carbonyl (C=O) groups is 5. The Labute approximate surface area is 333 Å². The van der Waals surface area contributed by atoms with Crippen molar-refractivity contribution in [1.29, 1.82) is 0 Å². The Kier molecular flexibility index (Phi) is 10.3. The summed E-state index contributed by atoms with van der Waals surface area (Å²) in [5.74, 6) is -1.89. The number of aromatic nitrogens is 3. The van der Waals surface area contributed by atoms with E-state index >= 15 is 0 Å². The van der Waals surface area contributed by atoms with Crippen LogP contribution in [-0.4, -0.2) is 120 Å². The van der Waals surface area contributed by atoms with Crippen LogP contribution in [0.3, 0.4) is 0 Å². The third kappa shape index (κ3) is 7.96. The van der Waals surface area contributed by atoms with Crippen LogP contribution in [0.5, 0.6) is 0 Å². The van der Waals surface area contributed by atoms with Crippen LogP contribution >= 0.6 is 0 Å². The molecule has 298 valence electrons. The van der Waals surface area contributed by atoms with E-state index in [0.29, 0.717) is 43.5 Å². The molecule has 0 bridgehead atoms. The summed E-state index contributed by atoms with van der Waals surface area (Å²) in [5.41, 5.74) is 5.09. The van der Waals surface area contributed by atoms with Crippen molar-refractivity contribution in [3.05, 3.63) is 96.1 Å². The number of amides is 5. The zero-order valence-electron chi connectivity index (χ0n) is 31.5. The van der Waals surface area contributed by atoms with Gasteiger partial charge in [0.05, 0.1) is 28.3 Å². The lowest BCUT2D eigenvalue weighted by Gasteiger charge is -2.35. The zero-order valence-corrected chi connectivity index (χ0v) is 32.3. The lowest BCUT2D eigenvalue weighted by atomic mass is 10.0. The van der Waals surface area contributed by atoms with Crippen LogP contribution in [0, 0.1) is 0 Å². The van der Waals surface area contributed by atoms with Crippen molar-refractivity contribution in [3.8, 4) is 11.3 Å². The monoisotopic (exact) mass is 804 g/mol. The van der Waals surface area contributed by atoms with Crippen molar-refractivity contribution in [3.63, 3.8) is 0 Å². The first-order valence-electron chi connectivity index (χ1n) is 18.8. The Morgan fingerprint density at radius 2 is 1.57 bits per heavy atom. The van der Waals surface area contributed by atoms with Gasteiger partial charge in [-0.25, -0.2) is 12.9 Å². The molecule has 3 aliphatic rings. The molecule has 3 aromatic carbocycles. The molecule has 5 heterocycles. The SMILES string of the molecule is CS(=O)(=O)c1ccc(-c2cccc3nc(Nc4ccc(N5CCN(CC(=O)NCCNc6ccc7c(c6)C(=O)N(C6CCC(=O)NC6=O)C7=O)CC5)cc4)nn23)cc1. The van der Waals surface area contributed by atoms with E-state index in [0.717, 1.165) is 40.6 Å². The maximum absolute atomic E-state index is 13.1. The summed E-state index contributed by atoms with van der Waals surface area (Å²) >= 11 is 0. The first-order chi connectivity index (χ1) is 27.9. The summed E-state index contributed by atoms with van der Waals surface area (Å²) in [6.07, 6.45) is 1.32. The molecule has 0 saturated carbocycles. The second-order valence-corrected chi connectivity index (χ2v) is 16.3. The van der Waals surface area contributed by atoms with Gasteiger partial charge >= 0.3 is 0 Å². The van der Waals surface area contributed by atoms with Gasteiger partial charge in [0.15, 0.2) is 15.5 Å². The molecule has 0 radical (unpaired) electrons. The van der Waals surface area contributed by atoms with Crippen molar-refractivity contribution >= 4 is 68.0 Å². The third-order valence-corrected chi connectivity index (χ3v) is 11.5. The molecule has 4 N–H and O–H groups in total. The first-order valence-corrected chi connectivity index (χ1v) is 20.7. The predicted molar refractivity (Wildman–Crippen MR) is 215 cm³/mol. The topological polar surface area (TPSA) is 208 Å². The third-order valence-electron chi connectivity index (χ3n) is 10.4. The minimum atomic E-state index is -3.30. The van der Waals surface area contributed by atoms with Gasteiger partial charge in [0.2, 0.25) is 23.7 Å². The van der Waals surface area contributed by atoms with Gasteiger partial charge in [-0.15, -0.1) is 5.10 Å². The number of pyridine rings is 1. The molecule has 2 fully saturated rings. The minimum absolute atomic E-state index is 0.0535. The second-order valence-electron chi connectivity index (χ2n) is 14.3. The molecule has 18 heteroatoms. The maximum Gasteiger partial charge on any atom is 0.262 e. The van der Waals surface area contributed by atoms with Crippen molar-refractivity contribution in [2.24, 2.45) is 0 Å². The lowest BCUT2D eigenvalue weighted by molar-refractivity contribution is -0.136. The van der Waals surface area contributed by atoms with Gasteiger partial charge in [0, 0.05) is 74.6 Å². The molecule has 2 aromatic heterocycles. The van der Waals surface area contributed by atoms with Crippen molar-refractivity contribution in [1.82, 2.24) is 35.0 Å². The van der Waals surface area contributed by atoms with E-state index in [-0.39, 0.29) is 41.3 Å². The Morgan fingerprint density at radius 1 is 0.845 bits per heavy atom. The number of hydrogen-bond acceptors (Lipinski definition) is 13. The molecular weight excluding hydrogens is 765 g/mol. The van der Waals surface area contributed by atoms with Gasteiger partial charge in [0.1, 0.15) is 6.04 Å². The number of nitrogens with zero attached hydrogens (tertiary/aromatic N) is 6. The standard InChI is InChI=1S/C40H40N10O7S/c1-58(56,57)29-12-5-25(6-13-29)32-3-2-4-34-44-40(46-50(32)34)43-26-7-10-28(11-8-26)48-21-19-47(20-22-48)24-36(52)42-18-17-41-27-9-14-30-31(23-27)39(55)49(38(30)54)33-15-16-35(51)45-37(33)53/h2-14,23,33,41H,15-22,24H2,1H3,(H,42,52)(H,43,46)(H,45,51,53). The molecule has 3 aliphatic heterocycles. The molecule has 2 saturated heterocycles. The first kappa shape index (κ1) is 38.2. The molecule has 5 aromatic rings. The highest BCUT2D eigenvalue weighted by molar-refractivity contribution is 7.90. The van der Waals surface area contributed by atoms with E-state index < -0.39 is 39.5 Å². The van der Waals surface area contributed by atoms with E-state index in [2.05, 4.69) is 41.1 Å². The summed E-state index contributed by atoms with van der Waals surface area (Å²) in [7, 11) is -3.30. The highest BCUT2D eigenvalue weighted by atomic mass is 32.2. The summed E-state index contributed by atoms with van der Waals surface area (Å²) in [6.45, 7) is 3.94. The van der Waals surface area contributed by atoms with E-state index in [4.69, 9.17) is 0 Å². The van der Waals surface area contributed by atoms with Gasteiger partial charge in [-0.2, -0.15) is 4.98 Å². The van der Waals surface area contributed by atoms with E-state index in [1.54, 1.807) is 40.9 Å². The maximum atomic E-state index is 13.1. The summed E-state index contributed by atoms with van der Waals surface area (Å²) in [4.78, 5) is 72.8. The molecule has 58 heavy (non-hydrogen) atoms. The normalized spacial score (nSPS) is 17.4. The number of carbonyl (C=O) groups excluding carboxylic acids is 5. The number of fused-ring (bicyclic) bond motifs is 2. The number of imide groups is 2. The van der Waals surface area contributed by atoms with E-state index in [9.17, 15) is 32.4 Å².